The lowest BCUT2D eigenvalue weighted by molar-refractivity contribution is -0.314. The second-order valence-electron chi connectivity index (χ2n) is 5.62. The van der Waals surface area contributed by atoms with E-state index < -0.39 is 17.9 Å². The molecule has 1 N–H and O–H groups in total. The van der Waals surface area contributed by atoms with E-state index in [0.29, 0.717) is 6.42 Å². The highest BCUT2D eigenvalue weighted by Gasteiger charge is 2.77. The van der Waals surface area contributed by atoms with Crippen molar-refractivity contribution in [2.45, 2.75) is 38.1 Å². The lowest BCUT2D eigenvalue weighted by Gasteiger charge is -2.27. The Hall–Kier alpha value is -0.650. The Morgan fingerprint density at radius 2 is 2.06 bits per heavy atom. The van der Waals surface area contributed by atoms with Crippen molar-refractivity contribution < 1.29 is 24.1 Å². The van der Waals surface area contributed by atoms with Gasteiger partial charge in [-0.2, -0.15) is 0 Å². The third-order valence-electron chi connectivity index (χ3n) is 4.75. The molecular weight excluding hydrogens is 212 g/mol. The quantitative estimate of drug-likeness (QED) is 0.599. The van der Waals surface area contributed by atoms with E-state index >= 15 is 0 Å². The van der Waals surface area contributed by atoms with Crippen LogP contribution in [-0.2, 0) is 19.0 Å². The predicted molar refractivity (Wildman–Crippen MR) is 49.7 cm³/mol. The van der Waals surface area contributed by atoms with Crippen LogP contribution in [0.1, 0.15) is 20.3 Å². The number of hydrogen-bond donors (Lipinski definition) is 1. The zero-order valence-electron chi connectivity index (χ0n) is 9.17. The van der Waals surface area contributed by atoms with E-state index in [2.05, 4.69) is 0 Å². The van der Waals surface area contributed by atoms with Gasteiger partial charge in [-0.1, -0.05) is 0 Å². The number of rotatable bonds is 0. The Morgan fingerprint density at radius 1 is 1.31 bits per heavy atom. The molecule has 3 heterocycles. The molecule has 0 aromatic heterocycles. The fraction of sp³-hybridized carbons (Fsp3) is 0.909. The van der Waals surface area contributed by atoms with Gasteiger partial charge in [-0.15, -0.1) is 0 Å². The Kier molecular flexibility index (Phi) is 1.35. The molecule has 3 aliphatic heterocycles. The number of aliphatic hydroxyl groups excluding tert-OH is 1. The molecule has 0 aromatic rings. The lowest BCUT2D eigenvalue weighted by atomic mass is 9.83. The van der Waals surface area contributed by atoms with Crippen LogP contribution in [0.4, 0.5) is 0 Å². The van der Waals surface area contributed by atoms with Crippen LogP contribution in [0.15, 0.2) is 0 Å². The van der Waals surface area contributed by atoms with Gasteiger partial charge in [0, 0.05) is 24.7 Å². The molecule has 4 rings (SSSR count). The third kappa shape index (κ3) is 0.772. The normalized spacial score (nSPS) is 66.2. The minimum absolute atomic E-state index is 0.00896. The summed E-state index contributed by atoms with van der Waals surface area (Å²) < 4.78 is 16.6. The van der Waals surface area contributed by atoms with Crippen LogP contribution < -0.4 is 0 Å². The Balaban J connectivity index is 1.87. The molecule has 88 valence electrons. The largest absolute Gasteiger partial charge is 0.433 e. The monoisotopic (exact) mass is 226 g/mol. The maximum absolute atomic E-state index is 11.7. The van der Waals surface area contributed by atoms with Gasteiger partial charge in [-0.25, -0.2) is 0 Å². The molecule has 0 aromatic carbocycles. The van der Waals surface area contributed by atoms with Crippen LogP contribution in [-0.4, -0.2) is 28.9 Å². The number of esters is 1. The first kappa shape index (κ1) is 9.39. The Morgan fingerprint density at radius 3 is 2.81 bits per heavy atom. The molecule has 0 bridgehead atoms. The van der Waals surface area contributed by atoms with Gasteiger partial charge in [0.2, 0.25) is 5.79 Å². The molecule has 1 saturated carbocycles. The second kappa shape index (κ2) is 2.30. The summed E-state index contributed by atoms with van der Waals surface area (Å²) in [6.07, 6.45) is -0.151. The van der Waals surface area contributed by atoms with Crippen LogP contribution >= 0.6 is 0 Å². The zero-order valence-corrected chi connectivity index (χ0v) is 9.17. The van der Waals surface area contributed by atoms with Crippen molar-refractivity contribution in [3.8, 4) is 0 Å². The highest BCUT2D eigenvalue weighted by molar-refractivity contribution is 5.76. The molecule has 7 atom stereocenters. The van der Waals surface area contributed by atoms with E-state index in [9.17, 15) is 9.90 Å². The molecule has 5 nitrogen and oxygen atoms in total. The summed E-state index contributed by atoms with van der Waals surface area (Å²) in [6, 6.07) is 0. The highest BCUT2D eigenvalue weighted by Crippen LogP contribution is 2.67. The minimum Gasteiger partial charge on any atom is -0.433 e. The average molecular weight is 226 g/mol. The van der Waals surface area contributed by atoms with Gasteiger partial charge in [0.15, 0.2) is 12.1 Å². The summed E-state index contributed by atoms with van der Waals surface area (Å²) in [5.41, 5.74) is 0. The molecule has 5 heteroatoms. The van der Waals surface area contributed by atoms with Gasteiger partial charge < -0.3 is 19.3 Å². The molecular formula is C11H14O5. The van der Waals surface area contributed by atoms with E-state index in [4.69, 9.17) is 14.2 Å². The van der Waals surface area contributed by atoms with Gasteiger partial charge >= 0.3 is 5.97 Å². The fourth-order valence-corrected chi connectivity index (χ4v) is 4.38. The summed E-state index contributed by atoms with van der Waals surface area (Å²) in [4.78, 5) is 11.7. The topological polar surface area (TPSA) is 65.0 Å². The zero-order chi connectivity index (χ0) is 11.3. The summed E-state index contributed by atoms with van der Waals surface area (Å²) in [5, 5.41) is 9.83. The molecule has 16 heavy (non-hydrogen) atoms. The van der Waals surface area contributed by atoms with Crippen molar-refractivity contribution in [1.29, 1.82) is 0 Å². The maximum atomic E-state index is 11.7. The van der Waals surface area contributed by atoms with Gasteiger partial charge in [0.25, 0.3) is 0 Å². The molecule has 0 radical (unpaired) electrons. The molecule has 0 amide bonds. The highest BCUT2D eigenvalue weighted by atomic mass is 16.8. The number of carbonyl (C=O) groups is 1. The van der Waals surface area contributed by atoms with Crippen molar-refractivity contribution in [3.05, 3.63) is 0 Å². The number of aliphatic hydroxyl groups is 1. The van der Waals surface area contributed by atoms with E-state index in [-0.39, 0.29) is 29.6 Å². The van der Waals surface area contributed by atoms with Crippen molar-refractivity contribution in [2.24, 2.45) is 23.7 Å². The SMILES string of the molecule is CC12OC(=O)C3CC4C(C31)C(C)(O[C@H]4O)O2. The molecule has 1 aliphatic carbocycles. The van der Waals surface area contributed by atoms with Crippen LogP contribution in [0.25, 0.3) is 0 Å². The molecule has 6 unspecified atom stereocenters. The lowest BCUT2D eigenvalue weighted by Crippen LogP contribution is -2.36. The van der Waals surface area contributed by atoms with Crippen LogP contribution in [0, 0.1) is 23.7 Å². The van der Waals surface area contributed by atoms with Crippen LogP contribution in [0.2, 0.25) is 0 Å². The van der Waals surface area contributed by atoms with Crippen LogP contribution in [0.5, 0.6) is 0 Å². The number of carbonyl (C=O) groups excluding carboxylic acids is 1. The first-order valence-electron chi connectivity index (χ1n) is 5.73. The summed E-state index contributed by atoms with van der Waals surface area (Å²) in [5.74, 6) is -1.84. The predicted octanol–water partition coefficient (Wildman–Crippen LogP) is 0.223. The average Bonchev–Trinajstić information content (AvgIpc) is 2.74. The second-order valence-corrected chi connectivity index (χ2v) is 5.62. The van der Waals surface area contributed by atoms with Crippen molar-refractivity contribution in [3.63, 3.8) is 0 Å². The first-order valence-corrected chi connectivity index (χ1v) is 5.73. The van der Waals surface area contributed by atoms with Gasteiger partial charge in [-0.3, -0.25) is 4.79 Å². The van der Waals surface area contributed by atoms with Gasteiger partial charge in [0.05, 0.1) is 5.92 Å². The first-order chi connectivity index (χ1) is 7.45. The van der Waals surface area contributed by atoms with E-state index in [1.54, 1.807) is 6.92 Å². The van der Waals surface area contributed by atoms with Crippen molar-refractivity contribution >= 4 is 5.97 Å². The summed E-state index contributed by atoms with van der Waals surface area (Å²) in [7, 11) is 0. The molecule has 4 fully saturated rings. The number of hydrogen-bond acceptors (Lipinski definition) is 5. The van der Waals surface area contributed by atoms with Crippen molar-refractivity contribution in [1.82, 2.24) is 0 Å². The molecule has 4 aliphatic rings. The summed E-state index contributed by atoms with van der Waals surface area (Å²) in [6.45, 7) is 3.64. The van der Waals surface area contributed by atoms with E-state index in [1.165, 1.54) is 0 Å². The smallest absolute Gasteiger partial charge is 0.312 e. The molecule has 0 spiro atoms. The van der Waals surface area contributed by atoms with Crippen molar-refractivity contribution in [2.75, 3.05) is 0 Å². The Labute approximate surface area is 92.7 Å². The summed E-state index contributed by atoms with van der Waals surface area (Å²) >= 11 is 0. The van der Waals surface area contributed by atoms with E-state index in [0.717, 1.165) is 0 Å². The molecule has 3 saturated heterocycles. The fourth-order valence-electron chi connectivity index (χ4n) is 4.38. The third-order valence-corrected chi connectivity index (χ3v) is 4.75. The Bertz CT molecular complexity index is 396. The van der Waals surface area contributed by atoms with E-state index in [1.807, 2.05) is 6.92 Å². The van der Waals surface area contributed by atoms with Crippen LogP contribution in [0.3, 0.4) is 0 Å². The van der Waals surface area contributed by atoms with Gasteiger partial charge in [0.1, 0.15) is 0 Å². The standard InChI is InChI=1S/C11H14O5/c1-10-6-4(8(12)14-10)3-5-7(6)11(2,16-10)15-9(5)13/h4-8,12H,3H2,1-2H3/t4?,5?,6?,7?,8-,10?,11?/m1/s1. The van der Waals surface area contributed by atoms with Gasteiger partial charge in [-0.05, 0) is 13.3 Å². The minimum atomic E-state index is -0.851. The maximum Gasteiger partial charge on any atom is 0.312 e. The number of ether oxygens (including phenoxy) is 3.